The van der Waals surface area contributed by atoms with Gasteiger partial charge in [-0.3, -0.25) is 4.99 Å². The molecule has 0 aliphatic carbocycles. The summed E-state index contributed by atoms with van der Waals surface area (Å²) in [5.41, 5.74) is 9.68. The van der Waals surface area contributed by atoms with Gasteiger partial charge in [0.15, 0.2) is 5.96 Å². The molecule has 0 aromatic heterocycles. The van der Waals surface area contributed by atoms with E-state index in [2.05, 4.69) is 51.6 Å². The molecule has 0 aliphatic rings. The summed E-state index contributed by atoms with van der Waals surface area (Å²) in [6, 6.07) is 18.9. The number of guanidine groups is 1. The van der Waals surface area contributed by atoms with Crippen molar-refractivity contribution in [1.82, 2.24) is 5.32 Å². The highest BCUT2D eigenvalue weighted by Crippen LogP contribution is 2.12. The Labute approximate surface area is 162 Å². The first-order chi connectivity index (χ1) is 11.1. The highest BCUT2D eigenvalue weighted by Gasteiger charge is 1.97. The molecule has 2 aromatic rings. The molecular weight excluding hydrogens is 411 g/mol. The lowest BCUT2D eigenvalue weighted by Gasteiger charge is -2.12. The van der Waals surface area contributed by atoms with E-state index in [1.54, 1.807) is 0 Å². The summed E-state index contributed by atoms with van der Waals surface area (Å²) in [6.45, 7) is 1.50. The van der Waals surface area contributed by atoms with Crippen LogP contribution in [0.1, 0.15) is 11.1 Å². The number of halogens is 1. The number of nitrogens with zero attached hydrogens (tertiary/aromatic N) is 2. The smallest absolute Gasteiger partial charge is 0.188 e. The van der Waals surface area contributed by atoms with Gasteiger partial charge in [-0.1, -0.05) is 42.5 Å². The molecular formula is C19H27IN4. The Bertz CT molecular complexity index is 609. The van der Waals surface area contributed by atoms with Crippen LogP contribution in [0, 0.1) is 0 Å². The van der Waals surface area contributed by atoms with Crippen molar-refractivity contribution in [2.45, 2.75) is 12.8 Å². The largest absolute Gasteiger partial charge is 0.378 e. The van der Waals surface area contributed by atoms with Gasteiger partial charge in [0.05, 0.1) is 0 Å². The normalized spacial score (nSPS) is 10.8. The molecule has 3 N–H and O–H groups in total. The van der Waals surface area contributed by atoms with Gasteiger partial charge in [0, 0.05) is 32.9 Å². The zero-order valence-electron chi connectivity index (χ0n) is 14.4. The fourth-order valence-corrected chi connectivity index (χ4v) is 2.30. The maximum Gasteiger partial charge on any atom is 0.188 e. The third-order valence-electron chi connectivity index (χ3n) is 3.70. The van der Waals surface area contributed by atoms with Gasteiger partial charge < -0.3 is 16.0 Å². The summed E-state index contributed by atoms with van der Waals surface area (Å²) in [6.07, 6.45) is 1.85. The Kier molecular flexibility index (Phi) is 9.22. The van der Waals surface area contributed by atoms with E-state index >= 15 is 0 Å². The van der Waals surface area contributed by atoms with Gasteiger partial charge in [0.25, 0.3) is 0 Å². The second-order valence-electron chi connectivity index (χ2n) is 5.74. The summed E-state index contributed by atoms with van der Waals surface area (Å²) in [5, 5.41) is 3.16. The van der Waals surface area contributed by atoms with E-state index in [-0.39, 0.29) is 24.0 Å². The minimum atomic E-state index is 0. The summed E-state index contributed by atoms with van der Waals surface area (Å²) in [7, 11) is 4.09. The minimum absolute atomic E-state index is 0. The first kappa shape index (κ1) is 20.3. The van der Waals surface area contributed by atoms with Crippen LogP contribution in [-0.2, 0) is 12.8 Å². The highest BCUT2D eigenvalue weighted by molar-refractivity contribution is 14.0. The average molecular weight is 438 g/mol. The molecule has 5 heteroatoms. The molecule has 24 heavy (non-hydrogen) atoms. The zero-order valence-corrected chi connectivity index (χ0v) is 16.7. The van der Waals surface area contributed by atoms with Gasteiger partial charge in [0.1, 0.15) is 0 Å². The van der Waals surface area contributed by atoms with E-state index in [0.717, 1.165) is 19.4 Å². The van der Waals surface area contributed by atoms with Crippen LogP contribution >= 0.6 is 24.0 Å². The maximum atomic E-state index is 5.90. The van der Waals surface area contributed by atoms with Crippen molar-refractivity contribution in [3.05, 3.63) is 65.7 Å². The predicted molar refractivity (Wildman–Crippen MR) is 115 cm³/mol. The van der Waals surface area contributed by atoms with Crippen molar-refractivity contribution in [3.8, 4) is 0 Å². The van der Waals surface area contributed by atoms with E-state index in [4.69, 9.17) is 5.73 Å². The number of hydrogen-bond acceptors (Lipinski definition) is 2. The third kappa shape index (κ3) is 7.21. The van der Waals surface area contributed by atoms with Crippen LogP contribution < -0.4 is 16.0 Å². The molecule has 0 unspecified atom stereocenters. The molecule has 2 aromatic carbocycles. The van der Waals surface area contributed by atoms with Crippen LogP contribution in [0.15, 0.2) is 59.6 Å². The van der Waals surface area contributed by atoms with Crippen molar-refractivity contribution in [2.24, 2.45) is 10.7 Å². The van der Waals surface area contributed by atoms with Crippen LogP contribution in [0.3, 0.4) is 0 Å². The molecule has 2 rings (SSSR count). The molecule has 130 valence electrons. The van der Waals surface area contributed by atoms with Crippen molar-refractivity contribution in [2.75, 3.05) is 32.1 Å². The first-order valence-corrected chi connectivity index (χ1v) is 7.99. The zero-order chi connectivity index (χ0) is 16.5. The molecule has 0 atom stereocenters. The number of aliphatic imine (C=N–C) groups is 1. The Balaban J connectivity index is 0.00000288. The lowest BCUT2D eigenvalue weighted by molar-refractivity contribution is 0.844. The van der Waals surface area contributed by atoms with Gasteiger partial charge in [-0.05, 0) is 36.1 Å². The second-order valence-corrected chi connectivity index (χ2v) is 5.74. The summed E-state index contributed by atoms with van der Waals surface area (Å²) < 4.78 is 0. The highest BCUT2D eigenvalue weighted by atomic mass is 127. The fraction of sp³-hybridized carbons (Fsp3) is 0.316. The van der Waals surface area contributed by atoms with Gasteiger partial charge in [-0.25, -0.2) is 0 Å². The third-order valence-corrected chi connectivity index (χ3v) is 3.70. The number of anilines is 1. The topological polar surface area (TPSA) is 53.6 Å². The Morgan fingerprint density at radius 1 is 0.958 bits per heavy atom. The van der Waals surface area contributed by atoms with Gasteiger partial charge in [0.2, 0.25) is 0 Å². The number of nitrogens with one attached hydrogen (secondary N) is 1. The quantitative estimate of drug-likeness (QED) is 0.397. The van der Waals surface area contributed by atoms with Crippen LogP contribution in [0.5, 0.6) is 0 Å². The van der Waals surface area contributed by atoms with E-state index in [0.29, 0.717) is 12.5 Å². The van der Waals surface area contributed by atoms with Crippen LogP contribution in [0.4, 0.5) is 5.69 Å². The lowest BCUT2D eigenvalue weighted by Crippen LogP contribution is -2.33. The Morgan fingerprint density at radius 3 is 2.21 bits per heavy atom. The molecule has 0 amide bonds. The van der Waals surface area contributed by atoms with Gasteiger partial charge in [-0.15, -0.1) is 24.0 Å². The second kappa shape index (κ2) is 10.9. The lowest BCUT2D eigenvalue weighted by atomic mass is 10.1. The average Bonchev–Trinajstić information content (AvgIpc) is 2.56. The van der Waals surface area contributed by atoms with Crippen LogP contribution in [0.25, 0.3) is 0 Å². The standard InChI is InChI=1S/C19H26N4.HI/c1-23(2)18-10-8-17(9-11-18)13-15-22-19(20)21-14-12-16-6-4-3-5-7-16;/h3-11H,12-15H2,1-2H3,(H3,20,21,22);1H. The molecule has 0 saturated carbocycles. The van der Waals surface area contributed by atoms with Crippen molar-refractivity contribution < 1.29 is 0 Å². The fourth-order valence-electron chi connectivity index (χ4n) is 2.30. The predicted octanol–water partition coefficient (Wildman–Crippen LogP) is 3.06. The van der Waals surface area contributed by atoms with Crippen LogP contribution in [-0.4, -0.2) is 33.1 Å². The number of rotatable bonds is 7. The molecule has 0 bridgehead atoms. The van der Waals surface area contributed by atoms with Gasteiger partial charge in [-0.2, -0.15) is 0 Å². The molecule has 0 heterocycles. The van der Waals surface area contributed by atoms with Crippen molar-refractivity contribution in [1.29, 1.82) is 0 Å². The molecule has 0 radical (unpaired) electrons. The molecule has 0 saturated heterocycles. The molecule has 4 nitrogen and oxygen atoms in total. The number of nitrogens with two attached hydrogens (primary N) is 1. The summed E-state index contributed by atoms with van der Waals surface area (Å²) >= 11 is 0. The number of benzene rings is 2. The Hall–Kier alpha value is -1.76. The number of hydrogen-bond donors (Lipinski definition) is 2. The monoisotopic (exact) mass is 438 g/mol. The van der Waals surface area contributed by atoms with Crippen molar-refractivity contribution in [3.63, 3.8) is 0 Å². The molecule has 0 spiro atoms. The van der Waals surface area contributed by atoms with Crippen LogP contribution in [0.2, 0.25) is 0 Å². The first-order valence-electron chi connectivity index (χ1n) is 7.99. The SMILES string of the molecule is CN(C)c1ccc(CCN=C(N)NCCc2ccccc2)cc1.I. The van der Waals surface area contributed by atoms with Crippen molar-refractivity contribution >= 4 is 35.6 Å². The van der Waals surface area contributed by atoms with E-state index in [1.165, 1.54) is 16.8 Å². The van der Waals surface area contributed by atoms with E-state index < -0.39 is 0 Å². The molecule has 0 aliphatic heterocycles. The summed E-state index contributed by atoms with van der Waals surface area (Å²) in [4.78, 5) is 6.47. The van der Waals surface area contributed by atoms with Gasteiger partial charge >= 0.3 is 0 Å². The minimum Gasteiger partial charge on any atom is -0.378 e. The van der Waals surface area contributed by atoms with E-state index in [9.17, 15) is 0 Å². The summed E-state index contributed by atoms with van der Waals surface area (Å²) in [5.74, 6) is 0.519. The van der Waals surface area contributed by atoms with E-state index in [1.807, 2.05) is 32.3 Å². The Morgan fingerprint density at radius 2 is 1.58 bits per heavy atom. The molecule has 0 fully saturated rings. The maximum absolute atomic E-state index is 5.90.